The molecule has 1 aliphatic rings. The van der Waals surface area contributed by atoms with Gasteiger partial charge < -0.3 is 20.1 Å². The van der Waals surface area contributed by atoms with Gasteiger partial charge in [0.2, 0.25) is 0 Å². The first kappa shape index (κ1) is 17.1. The van der Waals surface area contributed by atoms with Gasteiger partial charge in [-0.05, 0) is 31.9 Å². The average molecular weight is 330 g/mol. The van der Waals surface area contributed by atoms with Crippen LogP contribution in [0.2, 0.25) is 0 Å². The lowest BCUT2D eigenvalue weighted by molar-refractivity contribution is 0.0327. The van der Waals surface area contributed by atoms with E-state index in [1.807, 2.05) is 6.07 Å². The first-order valence-corrected chi connectivity index (χ1v) is 8.53. The Kier molecular flexibility index (Phi) is 5.60. The second kappa shape index (κ2) is 7.88. The van der Waals surface area contributed by atoms with Crippen molar-refractivity contribution in [3.63, 3.8) is 0 Å². The molecule has 2 aromatic rings. The molecule has 6 nitrogen and oxygen atoms in total. The van der Waals surface area contributed by atoms with Crippen molar-refractivity contribution in [2.24, 2.45) is 0 Å². The molecule has 0 amide bonds. The van der Waals surface area contributed by atoms with E-state index in [0.29, 0.717) is 19.2 Å². The van der Waals surface area contributed by atoms with Crippen LogP contribution in [0.4, 0.5) is 5.82 Å². The molecule has 0 radical (unpaired) electrons. The molecule has 130 valence electrons. The molecule has 24 heavy (non-hydrogen) atoms. The van der Waals surface area contributed by atoms with Crippen LogP contribution >= 0.6 is 0 Å². The Hall–Kier alpha value is -1.76. The van der Waals surface area contributed by atoms with Gasteiger partial charge in [-0.2, -0.15) is 0 Å². The minimum absolute atomic E-state index is 0.393. The highest BCUT2D eigenvalue weighted by molar-refractivity contribution is 5.89. The summed E-state index contributed by atoms with van der Waals surface area (Å²) in [6, 6.07) is 6.65. The predicted octanol–water partition coefficient (Wildman–Crippen LogP) is 1.82. The molecule has 1 saturated heterocycles. The number of aliphatic hydroxyl groups excluding tert-OH is 1. The van der Waals surface area contributed by atoms with Crippen molar-refractivity contribution in [2.45, 2.75) is 31.9 Å². The van der Waals surface area contributed by atoms with E-state index in [1.54, 1.807) is 13.4 Å². The summed E-state index contributed by atoms with van der Waals surface area (Å²) in [4.78, 5) is 11.1. The maximum atomic E-state index is 9.85. The number of anilines is 1. The minimum atomic E-state index is -0.409. The summed E-state index contributed by atoms with van der Waals surface area (Å²) >= 11 is 0. The fourth-order valence-corrected chi connectivity index (χ4v) is 3.28. The highest BCUT2D eigenvalue weighted by Gasteiger charge is 2.21. The number of methoxy groups -OCH3 is 1. The number of benzene rings is 1. The van der Waals surface area contributed by atoms with Crippen molar-refractivity contribution in [2.75, 3.05) is 38.7 Å². The van der Waals surface area contributed by atoms with E-state index >= 15 is 0 Å². The van der Waals surface area contributed by atoms with E-state index < -0.39 is 6.10 Å². The van der Waals surface area contributed by atoms with E-state index in [0.717, 1.165) is 42.7 Å². The largest absolute Gasteiger partial charge is 0.389 e. The Morgan fingerprint density at radius 2 is 2.12 bits per heavy atom. The van der Waals surface area contributed by atoms with Crippen molar-refractivity contribution in [3.05, 3.63) is 30.1 Å². The van der Waals surface area contributed by atoms with Gasteiger partial charge in [0.05, 0.1) is 18.2 Å². The number of nitrogens with one attached hydrogen (secondary N) is 1. The second-order valence-electron chi connectivity index (χ2n) is 6.57. The number of aryl methyl sites for hydroxylation is 1. The fraction of sp³-hybridized carbons (Fsp3) is 0.556. The topological polar surface area (TPSA) is 70.5 Å². The zero-order valence-electron chi connectivity index (χ0n) is 14.4. The van der Waals surface area contributed by atoms with Gasteiger partial charge in [0, 0.05) is 38.2 Å². The van der Waals surface area contributed by atoms with Crippen molar-refractivity contribution in [1.82, 2.24) is 14.9 Å². The Bertz CT molecular complexity index is 671. The Labute approximate surface area is 142 Å². The van der Waals surface area contributed by atoms with Crippen LogP contribution in [-0.4, -0.2) is 65.5 Å². The third kappa shape index (κ3) is 4.20. The zero-order valence-corrected chi connectivity index (χ0v) is 14.4. The molecule has 3 rings (SSSR count). The van der Waals surface area contributed by atoms with Crippen molar-refractivity contribution in [3.8, 4) is 0 Å². The van der Waals surface area contributed by atoms with Crippen LogP contribution in [-0.2, 0) is 4.74 Å². The van der Waals surface area contributed by atoms with Crippen LogP contribution in [0.5, 0.6) is 0 Å². The van der Waals surface area contributed by atoms with Crippen molar-refractivity contribution in [1.29, 1.82) is 0 Å². The van der Waals surface area contributed by atoms with Gasteiger partial charge >= 0.3 is 0 Å². The number of hydrogen-bond acceptors (Lipinski definition) is 6. The van der Waals surface area contributed by atoms with Crippen LogP contribution in [0.3, 0.4) is 0 Å². The number of aromatic nitrogens is 2. The lowest BCUT2D eigenvalue weighted by atomic mass is 10.0. The first-order chi connectivity index (χ1) is 11.7. The van der Waals surface area contributed by atoms with E-state index in [1.165, 1.54) is 5.56 Å². The average Bonchev–Trinajstić information content (AvgIpc) is 2.57. The molecule has 1 fully saturated rings. The molecule has 1 aromatic heterocycles. The summed E-state index contributed by atoms with van der Waals surface area (Å²) in [5, 5.41) is 14.5. The number of hydrogen-bond donors (Lipinski definition) is 2. The lowest BCUT2D eigenvalue weighted by Crippen LogP contribution is -2.43. The van der Waals surface area contributed by atoms with Gasteiger partial charge in [-0.15, -0.1) is 0 Å². The number of nitrogens with zero attached hydrogens (tertiary/aromatic N) is 3. The summed E-state index contributed by atoms with van der Waals surface area (Å²) in [7, 11) is 1.62. The van der Waals surface area contributed by atoms with Crippen LogP contribution in [0.15, 0.2) is 24.5 Å². The third-order valence-corrected chi connectivity index (χ3v) is 4.55. The molecular formula is C18H26N4O2. The lowest BCUT2D eigenvalue weighted by Gasteiger charge is -2.33. The van der Waals surface area contributed by atoms with Gasteiger partial charge in [0.25, 0.3) is 0 Å². The first-order valence-electron chi connectivity index (χ1n) is 8.53. The van der Waals surface area contributed by atoms with Crippen LogP contribution in [0.1, 0.15) is 18.4 Å². The predicted molar refractivity (Wildman–Crippen MR) is 95.2 cm³/mol. The summed E-state index contributed by atoms with van der Waals surface area (Å²) in [6.07, 6.45) is 3.29. The second-order valence-corrected chi connectivity index (χ2v) is 6.57. The number of aliphatic hydroxyl groups is 1. The number of likely N-dealkylation sites (tertiary alicyclic amines) is 1. The highest BCUT2D eigenvalue weighted by atomic mass is 16.5. The summed E-state index contributed by atoms with van der Waals surface area (Å²) in [6.45, 7) is 5.10. The van der Waals surface area contributed by atoms with Crippen molar-refractivity contribution >= 4 is 16.7 Å². The highest BCUT2D eigenvalue weighted by Crippen LogP contribution is 2.23. The molecule has 2 N–H and O–H groups in total. The zero-order chi connectivity index (χ0) is 16.9. The molecule has 1 aliphatic heterocycles. The smallest absolute Gasteiger partial charge is 0.137 e. The van der Waals surface area contributed by atoms with Gasteiger partial charge in [0.1, 0.15) is 12.1 Å². The Morgan fingerprint density at radius 1 is 1.33 bits per heavy atom. The molecule has 0 bridgehead atoms. The Morgan fingerprint density at radius 3 is 2.88 bits per heavy atom. The van der Waals surface area contributed by atoms with E-state index in [-0.39, 0.29) is 0 Å². The SMILES string of the molecule is COCC(O)CN1CCC(Nc2ncnc3ccc(C)cc23)CC1. The Balaban J connectivity index is 1.59. The molecule has 0 spiro atoms. The molecule has 0 aliphatic carbocycles. The molecule has 1 atom stereocenters. The van der Waals surface area contributed by atoms with Gasteiger partial charge in [-0.3, -0.25) is 0 Å². The van der Waals surface area contributed by atoms with E-state index in [9.17, 15) is 5.11 Å². The number of piperidine rings is 1. The normalized spacial score (nSPS) is 18.0. The maximum absolute atomic E-state index is 9.85. The van der Waals surface area contributed by atoms with Gasteiger partial charge in [0.15, 0.2) is 0 Å². The number of β-amino-alcohol motifs (C(OH)–C–C–N with tert-alkyl or cyclic N) is 1. The third-order valence-electron chi connectivity index (χ3n) is 4.55. The molecular weight excluding hydrogens is 304 g/mol. The van der Waals surface area contributed by atoms with E-state index in [2.05, 4.69) is 39.2 Å². The van der Waals surface area contributed by atoms with Gasteiger partial charge in [-0.1, -0.05) is 11.6 Å². The molecule has 0 saturated carbocycles. The maximum Gasteiger partial charge on any atom is 0.137 e. The van der Waals surface area contributed by atoms with Gasteiger partial charge in [-0.25, -0.2) is 9.97 Å². The summed E-state index contributed by atoms with van der Waals surface area (Å²) in [5.41, 5.74) is 2.18. The number of fused-ring (bicyclic) bond motifs is 1. The van der Waals surface area contributed by atoms with Crippen LogP contribution in [0, 0.1) is 6.92 Å². The number of rotatable bonds is 6. The monoisotopic (exact) mass is 330 g/mol. The molecule has 1 aromatic carbocycles. The van der Waals surface area contributed by atoms with Crippen molar-refractivity contribution < 1.29 is 9.84 Å². The van der Waals surface area contributed by atoms with E-state index in [4.69, 9.17) is 4.74 Å². The molecule has 2 heterocycles. The minimum Gasteiger partial charge on any atom is -0.389 e. The molecule has 1 unspecified atom stereocenters. The standard InChI is InChI=1S/C18H26N4O2/c1-13-3-4-17-16(9-13)18(20-12-19-17)21-14-5-7-22(8-6-14)10-15(23)11-24-2/h3-4,9,12,14-15,23H,5-8,10-11H2,1-2H3,(H,19,20,21). The molecule has 6 heteroatoms. The fourth-order valence-electron chi connectivity index (χ4n) is 3.28. The van der Waals surface area contributed by atoms with Crippen LogP contribution < -0.4 is 5.32 Å². The summed E-state index contributed by atoms with van der Waals surface area (Å²) < 4.78 is 4.99. The van der Waals surface area contributed by atoms with Crippen LogP contribution in [0.25, 0.3) is 10.9 Å². The number of ether oxygens (including phenoxy) is 1. The summed E-state index contributed by atoms with van der Waals surface area (Å²) in [5.74, 6) is 0.918. The quantitative estimate of drug-likeness (QED) is 0.842.